The Morgan fingerprint density at radius 2 is 1.60 bits per heavy atom. The van der Waals surface area contributed by atoms with E-state index in [2.05, 4.69) is 15.5 Å². The van der Waals surface area contributed by atoms with Crippen LogP contribution in [0.5, 0.6) is 0 Å². The maximum atomic E-state index is 14.2. The van der Waals surface area contributed by atoms with Gasteiger partial charge in [0.1, 0.15) is 11.4 Å². The quantitative estimate of drug-likeness (QED) is 0.230. The number of ether oxygens (including phenoxy) is 1. The molecule has 2 aliphatic heterocycles. The summed E-state index contributed by atoms with van der Waals surface area (Å²) < 4.78 is 47.9. The van der Waals surface area contributed by atoms with Gasteiger partial charge in [-0.25, -0.2) is 13.2 Å². The standard InChI is InChI=1S/C16H21F3N4O.C13H21B2NO.CH4/c1-16(2,3)23-15(24)12-9(17)7-8(13(18)14(12)19)10(20)5-6-11(21)22-4;14-13(15,12-4-6-17-7-5-12)16-8-10-2-1-3-11(10)9-16;/h5-7,22H,20-21H2,1-4H3,(H,23,24);10-12H,1-9H2;1H4/b10-5-,11-6+;;. The fraction of sp³-hybridized carbons (Fsp3) is 0.633. The first-order valence-electron chi connectivity index (χ1n) is 14.2. The molecule has 3 fully saturated rings. The van der Waals surface area contributed by atoms with Gasteiger partial charge in [0.05, 0.1) is 21.5 Å². The van der Waals surface area contributed by atoms with Crippen LogP contribution in [0.25, 0.3) is 5.70 Å². The molecule has 2 heterocycles. The highest BCUT2D eigenvalue weighted by molar-refractivity contribution is 6.40. The molecule has 1 aromatic rings. The van der Waals surface area contributed by atoms with Crippen molar-refractivity contribution in [3.63, 3.8) is 0 Å². The smallest absolute Gasteiger partial charge is 0.257 e. The Morgan fingerprint density at radius 3 is 2.12 bits per heavy atom. The third-order valence-corrected chi connectivity index (χ3v) is 8.07. The minimum Gasteiger partial charge on any atom is -0.398 e. The minimum absolute atomic E-state index is 0. The van der Waals surface area contributed by atoms with Gasteiger partial charge in [0, 0.05) is 50.2 Å². The number of nitrogens with one attached hydrogen (secondary N) is 2. The maximum Gasteiger partial charge on any atom is 0.257 e. The van der Waals surface area contributed by atoms with E-state index >= 15 is 0 Å². The molecule has 0 spiro atoms. The number of hydrogen-bond donors (Lipinski definition) is 4. The Labute approximate surface area is 251 Å². The summed E-state index contributed by atoms with van der Waals surface area (Å²) in [6.45, 7) is 8.77. The molecule has 0 bridgehead atoms. The Morgan fingerprint density at radius 1 is 1.02 bits per heavy atom. The van der Waals surface area contributed by atoms with E-state index in [1.807, 2.05) is 0 Å². The maximum absolute atomic E-state index is 14.2. The number of fused-ring (bicyclic) bond motifs is 1. The molecule has 230 valence electrons. The number of benzene rings is 1. The van der Waals surface area contributed by atoms with Crippen LogP contribution in [0.1, 0.15) is 76.2 Å². The SMILES string of the molecule is C.CN/C(N)=C/C=C(\N)c1cc(F)c(C(=O)NC(C)(C)C)c(F)c1F.[B]C([B])(C1CCOCC1)N1CC2CCCC2C1. The van der Waals surface area contributed by atoms with Crippen molar-refractivity contribution in [3.05, 3.63) is 52.6 Å². The van der Waals surface area contributed by atoms with Crippen molar-refractivity contribution in [2.75, 3.05) is 33.4 Å². The summed E-state index contributed by atoms with van der Waals surface area (Å²) in [7, 11) is 14.5. The fourth-order valence-corrected chi connectivity index (χ4v) is 5.74. The average molecular weight is 587 g/mol. The van der Waals surface area contributed by atoms with E-state index in [9.17, 15) is 18.0 Å². The molecule has 7 nitrogen and oxygen atoms in total. The molecule has 1 aromatic carbocycles. The van der Waals surface area contributed by atoms with Gasteiger partial charge in [-0.2, -0.15) is 0 Å². The molecule has 42 heavy (non-hydrogen) atoms. The highest BCUT2D eigenvalue weighted by Crippen LogP contribution is 2.41. The van der Waals surface area contributed by atoms with Gasteiger partial charge in [-0.15, -0.1) is 0 Å². The van der Waals surface area contributed by atoms with Gasteiger partial charge in [0.2, 0.25) is 0 Å². The van der Waals surface area contributed by atoms with Gasteiger partial charge < -0.3 is 31.7 Å². The average Bonchev–Trinajstić information content (AvgIpc) is 3.52. The van der Waals surface area contributed by atoms with E-state index in [0.717, 1.165) is 51.0 Å². The first-order chi connectivity index (χ1) is 19.2. The van der Waals surface area contributed by atoms with Crippen molar-refractivity contribution in [3.8, 4) is 0 Å². The summed E-state index contributed by atoms with van der Waals surface area (Å²) in [5, 5.41) is 4.37. The summed E-state index contributed by atoms with van der Waals surface area (Å²) in [5.41, 5.74) is 8.62. The van der Waals surface area contributed by atoms with Gasteiger partial charge in [-0.1, -0.05) is 19.2 Å². The first kappa shape index (κ1) is 35.6. The van der Waals surface area contributed by atoms with Crippen molar-refractivity contribution >= 4 is 27.3 Å². The fourth-order valence-electron chi connectivity index (χ4n) is 5.74. The van der Waals surface area contributed by atoms with Gasteiger partial charge in [-0.05, 0) is 82.4 Å². The summed E-state index contributed by atoms with van der Waals surface area (Å²) >= 11 is 0. The lowest BCUT2D eigenvalue weighted by molar-refractivity contribution is 0.0375. The van der Waals surface area contributed by atoms with Crippen LogP contribution in [0.2, 0.25) is 0 Å². The van der Waals surface area contributed by atoms with Crippen LogP contribution in [-0.2, 0) is 4.74 Å². The number of carbonyl (C=O) groups excluding carboxylic acids is 1. The molecule has 12 heteroatoms. The van der Waals surface area contributed by atoms with Crippen molar-refractivity contribution < 1.29 is 22.7 Å². The molecule has 6 N–H and O–H groups in total. The van der Waals surface area contributed by atoms with Crippen molar-refractivity contribution in [1.82, 2.24) is 15.5 Å². The van der Waals surface area contributed by atoms with E-state index in [4.69, 9.17) is 31.9 Å². The van der Waals surface area contributed by atoms with E-state index in [1.54, 1.807) is 27.8 Å². The zero-order valence-electron chi connectivity index (χ0n) is 24.5. The summed E-state index contributed by atoms with van der Waals surface area (Å²) in [6.07, 6.45) is 8.69. The molecule has 2 atom stereocenters. The molecule has 3 aliphatic rings. The molecule has 4 radical (unpaired) electrons. The van der Waals surface area contributed by atoms with Crippen LogP contribution in [0.15, 0.2) is 24.0 Å². The van der Waals surface area contributed by atoms with Crippen LogP contribution in [0.3, 0.4) is 0 Å². The number of hydrogen-bond acceptors (Lipinski definition) is 6. The Hall–Kier alpha value is -2.59. The zero-order valence-corrected chi connectivity index (χ0v) is 24.5. The lowest BCUT2D eigenvalue weighted by Crippen LogP contribution is -2.55. The number of rotatable bonds is 6. The summed E-state index contributed by atoms with van der Waals surface area (Å²) in [5.74, 6) is -2.94. The topological polar surface area (TPSA) is 106 Å². The van der Waals surface area contributed by atoms with E-state index in [1.165, 1.54) is 31.4 Å². The number of halogens is 3. The first-order valence-corrected chi connectivity index (χ1v) is 14.2. The molecular weight excluding hydrogens is 541 g/mol. The predicted molar refractivity (Wildman–Crippen MR) is 164 cm³/mol. The molecule has 2 saturated heterocycles. The van der Waals surface area contributed by atoms with E-state index < -0.39 is 45.4 Å². The van der Waals surface area contributed by atoms with Gasteiger partial charge >= 0.3 is 0 Å². The van der Waals surface area contributed by atoms with E-state index in [-0.39, 0.29) is 18.9 Å². The molecule has 2 unspecified atom stereocenters. The molecule has 1 aliphatic carbocycles. The van der Waals surface area contributed by atoms with Gasteiger partial charge in [-0.3, -0.25) is 4.79 Å². The normalized spacial score (nSPS) is 22.1. The monoisotopic (exact) mass is 587 g/mol. The molecule has 1 saturated carbocycles. The van der Waals surface area contributed by atoms with Crippen LogP contribution in [0.4, 0.5) is 13.2 Å². The molecule has 0 aromatic heterocycles. The summed E-state index contributed by atoms with van der Waals surface area (Å²) in [4.78, 5) is 14.3. The largest absolute Gasteiger partial charge is 0.398 e. The highest BCUT2D eigenvalue weighted by atomic mass is 19.2. The van der Waals surface area contributed by atoms with E-state index in [0.29, 0.717) is 12.0 Å². The third-order valence-electron chi connectivity index (χ3n) is 8.07. The second kappa shape index (κ2) is 14.7. The number of amides is 1. The lowest BCUT2D eigenvalue weighted by atomic mass is 9.52. The minimum atomic E-state index is -1.60. The van der Waals surface area contributed by atoms with Crippen molar-refractivity contribution in [2.45, 2.75) is 71.2 Å². The Bertz CT molecular complexity index is 1140. The van der Waals surface area contributed by atoms with Crippen LogP contribution >= 0.6 is 0 Å². The molecular formula is C30H46B2F3N5O2. The second-order valence-corrected chi connectivity index (χ2v) is 12.2. The second-order valence-electron chi connectivity index (χ2n) is 12.2. The number of likely N-dealkylation sites (tertiary alicyclic amines) is 1. The third kappa shape index (κ3) is 8.72. The van der Waals surface area contributed by atoms with Crippen LogP contribution < -0.4 is 22.1 Å². The summed E-state index contributed by atoms with van der Waals surface area (Å²) in [6, 6.07) is 0.672. The Kier molecular flexibility index (Phi) is 12.5. The molecule has 4 rings (SSSR count). The highest BCUT2D eigenvalue weighted by Gasteiger charge is 2.43. The van der Waals surface area contributed by atoms with Gasteiger partial charge in [0.25, 0.3) is 5.91 Å². The number of allylic oxidation sites excluding steroid dienone is 2. The number of nitrogens with two attached hydrogens (primary N) is 2. The molecule has 1 amide bonds. The van der Waals surface area contributed by atoms with Crippen molar-refractivity contribution in [2.24, 2.45) is 29.2 Å². The predicted octanol–water partition coefficient (Wildman–Crippen LogP) is 3.72. The number of nitrogens with zero attached hydrogens (tertiary/aromatic N) is 1. The Balaban J connectivity index is 0.000000300. The van der Waals surface area contributed by atoms with Crippen LogP contribution in [0, 0.1) is 35.2 Å². The zero-order chi connectivity index (χ0) is 30.5. The number of carbonyl (C=O) groups is 1. The lowest BCUT2D eigenvalue weighted by Gasteiger charge is -2.45. The van der Waals surface area contributed by atoms with Gasteiger partial charge in [0.15, 0.2) is 11.6 Å². The van der Waals surface area contributed by atoms with Crippen LogP contribution in [-0.4, -0.2) is 70.7 Å². The van der Waals surface area contributed by atoms with Crippen molar-refractivity contribution in [1.29, 1.82) is 0 Å².